The summed E-state index contributed by atoms with van der Waals surface area (Å²) in [5.41, 5.74) is 2.48. The van der Waals surface area contributed by atoms with Gasteiger partial charge in [-0.15, -0.1) is 0 Å². The maximum atomic E-state index is 13.3. The molecule has 0 radical (unpaired) electrons. The molecule has 1 saturated heterocycles. The summed E-state index contributed by atoms with van der Waals surface area (Å²) in [6.07, 6.45) is 7.37. The summed E-state index contributed by atoms with van der Waals surface area (Å²) in [4.78, 5) is 51.1. The molecule has 2 fully saturated rings. The van der Waals surface area contributed by atoms with E-state index in [1.165, 1.54) is 0 Å². The fourth-order valence-corrected chi connectivity index (χ4v) is 5.99. The third-order valence-corrected chi connectivity index (χ3v) is 8.05. The Morgan fingerprint density at radius 1 is 1.13 bits per heavy atom. The summed E-state index contributed by atoms with van der Waals surface area (Å²) in [5, 5.41) is 9.13. The molecule has 0 spiro atoms. The van der Waals surface area contributed by atoms with Gasteiger partial charge in [-0.2, -0.15) is 0 Å². The fraction of sp³-hybridized carbons (Fsp3) is 0.667. The smallest absolute Gasteiger partial charge is 0.407 e. The first-order chi connectivity index (χ1) is 18.6. The van der Waals surface area contributed by atoms with Crippen LogP contribution in [0.15, 0.2) is 18.2 Å². The van der Waals surface area contributed by atoms with Crippen LogP contribution in [0.25, 0.3) is 0 Å². The maximum absolute atomic E-state index is 13.3. The molecule has 214 valence electrons. The normalized spacial score (nSPS) is 24.3. The summed E-state index contributed by atoms with van der Waals surface area (Å²) >= 11 is 0. The average Bonchev–Trinajstić information content (AvgIpc) is 3.21. The summed E-state index contributed by atoms with van der Waals surface area (Å²) < 4.78 is 5.48. The highest BCUT2D eigenvalue weighted by atomic mass is 16.5. The van der Waals surface area contributed by atoms with Gasteiger partial charge in [-0.25, -0.2) is 4.79 Å². The van der Waals surface area contributed by atoms with Gasteiger partial charge in [0, 0.05) is 36.2 Å². The quantitative estimate of drug-likeness (QED) is 0.401. The number of hydrogen-bond donors (Lipinski definition) is 3. The van der Waals surface area contributed by atoms with Gasteiger partial charge >= 0.3 is 6.09 Å². The molecule has 1 aliphatic carbocycles. The number of nitrogens with zero attached hydrogens (tertiary/aromatic N) is 1. The highest BCUT2D eigenvalue weighted by Gasteiger charge is 2.40. The van der Waals surface area contributed by atoms with E-state index < -0.39 is 6.04 Å². The standard InChI is InChI=1S/C30H44N4O5/c1-5-6-10-24(31-20-13-11-19(12-14-20)18-39-29(38)33-30(2,3)4)21-8-7-9-22-23(21)17-34(28(22)37)25-15-16-26(35)32-27(25)36/h7-9,19-20,24-25,31H,5-6,10-18H2,1-4H3,(H,33,38)(H,32,35,36)/t19?,20?,24-,25-/m1/s1. The zero-order valence-electron chi connectivity index (χ0n) is 23.8. The number of amides is 4. The third kappa shape index (κ3) is 7.38. The van der Waals surface area contributed by atoms with Crippen molar-refractivity contribution in [2.45, 2.75) is 116 Å². The molecule has 4 rings (SSSR count). The van der Waals surface area contributed by atoms with E-state index >= 15 is 0 Å². The number of imide groups is 1. The zero-order chi connectivity index (χ0) is 28.2. The molecule has 9 nitrogen and oxygen atoms in total. The van der Waals surface area contributed by atoms with Crippen molar-refractivity contribution in [1.29, 1.82) is 0 Å². The van der Waals surface area contributed by atoms with E-state index in [1.807, 2.05) is 32.9 Å². The van der Waals surface area contributed by atoms with Crippen molar-refractivity contribution in [2.24, 2.45) is 5.92 Å². The van der Waals surface area contributed by atoms with E-state index in [2.05, 4.69) is 28.9 Å². The number of fused-ring (bicyclic) bond motifs is 1. The SMILES string of the molecule is CCCC[C@@H](NC1CCC(COC(=O)NC(C)(C)C)CC1)c1cccc2c1CN([C@@H]1CCC(=O)NC1=O)C2=O. The van der Waals surface area contributed by atoms with Crippen LogP contribution in [-0.4, -0.2) is 52.9 Å². The molecule has 3 aliphatic rings. The van der Waals surface area contributed by atoms with Gasteiger partial charge in [0.2, 0.25) is 11.8 Å². The Hall–Kier alpha value is -2.94. The second kappa shape index (κ2) is 12.5. The minimum atomic E-state index is -0.611. The number of alkyl carbamates (subject to hydrolysis) is 1. The van der Waals surface area contributed by atoms with Crippen LogP contribution in [0.2, 0.25) is 0 Å². The van der Waals surface area contributed by atoms with Gasteiger partial charge in [0.05, 0.1) is 6.61 Å². The minimum Gasteiger partial charge on any atom is -0.449 e. The summed E-state index contributed by atoms with van der Waals surface area (Å²) in [5.74, 6) is -0.430. The second-order valence-corrected chi connectivity index (χ2v) is 12.3. The molecule has 1 aromatic rings. The molecule has 2 aliphatic heterocycles. The molecular weight excluding hydrogens is 496 g/mol. The summed E-state index contributed by atoms with van der Waals surface area (Å²) in [7, 11) is 0. The highest BCUT2D eigenvalue weighted by Crippen LogP contribution is 2.35. The van der Waals surface area contributed by atoms with Gasteiger partial charge in [-0.05, 0) is 82.4 Å². The van der Waals surface area contributed by atoms with Crippen LogP contribution in [-0.2, 0) is 20.9 Å². The van der Waals surface area contributed by atoms with Crippen molar-refractivity contribution < 1.29 is 23.9 Å². The van der Waals surface area contributed by atoms with E-state index in [4.69, 9.17) is 4.74 Å². The lowest BCUT2D eigenvalue weighted by Crippen LogP contribution is -2.52. The van der Waals surface area contributed by atoms with E-state index in [1.54, 1.807) is 4.90 Å². The van der Waals surface area contributed by atoms with Crippen LogP contribution in [0.1, 0.15) is 113 Å². The molecule has 39 heavy (non-hydrogen) atoms. The number of rotatable bonds is 9. The second-order valence-electron chi connectivity index (χ2n) is 12.3. The fourth-order valence-electron chi connectivity index (χ4n) is 5.99. The molecule has 9 heteroatoms. The molecule has 0 aromatic heterocycles. The lowest BCUT2D eigenvalue weighted by atomic mass is 9.85. The van der Waals surface area contributed by atoms with Crippen LogP contribution < -0.4 is 16.0 Å². The Labute approximate surface area is 231 Å². The molecule has 3 N–H and O–H groups in total. The van der Waals surface area contributed by atoms with Gasteiger partial charge in [-0.1, -0.05) is 31.9 Å². The van der Waals surface area contributed by atoms with E-state index in [0.29, 0.717) is 37.1 Å². The van der Waals surface area contributed by atoms with Crippen LogP contribution >= 0.6 is 0 Å². The predicted octanol–water partition coefficient (Wildman–Crippen LogP) is 4.35. The van der Waals surface area contributed by atoms with Crippen molar-refractivity contribution in [3.05, 3.63) is 34.9 Å². The zero-order valence-corrected chi connectivity index (χ0v) is 23.8. The Morgan fingerprint density at radius 3 is 2.54 bits per heavy atom. The Morgan fingerprint density at radius 2 is 1.87 bits per heavy atom. The number of nitrogens with one attached hydrogen (secondary N) is 3. The van der Waals surface area contributed by atoms with Gasteiger partial charge in [0.25, 0.3) is 5.91 Å². The largest absolute Gasteiger partial charge is 0.449 e. The number of carbonyl (C=O) groups excluding carboxylic acids is 4. The monoisotopic (exact) mass is 540 g/mol. The van der Waals surface area contributed by atoms with Crippen molar-refractivity contribution in [3.8, 4) is 0 Å². The van der Waals surface area contributed by atoms with Crippen LogP contribution in [0.3, 0.4) is 0 Å². The summed E-state index contributed by atoms with van der Waals surface area (Å²) in [6.45, 7) is 8.82. The molecule has 1 aromatic carbocycles. The number of hydrogen-bond acceptors (Lipinski definition) is 6. The topological polar surface area (TPSA) is 117 Å². The number of carbonyl (C=O) groups is 4. The van der Waals surface area contributed by atoms with Crippen molar-refractivity contribution >= 4 is 23.8 Å². The van der Waals surface area contributed by atoms with Crippen LogP contribution in [0.5, 0.6) is 0 Å². The number of unbranched alkanes of at least 4 members (excludes halogenated alkanes) is 1. The molecule has 0 bridgehead atoms. The summed E-state index contributed by atoms with van der Waals surface area (Å²) in [6, 6.07) is 5.76. The minimum absolute atomic E-state index is 0.116. The number of ether oxygens (including phenoxy) is 1. The number of benzene rings is 1. The van der Waals surface area contributed by atoms with Crippen LogP contribution in [0.4, 0.5) is 4.79 Å². The third-order valence-electron chi connectivity index (χ3n) is 8.05. The molecule has 2 heterocycles. The average molecular weight is 541 g/mol. The molecule has 2 atom stereocenters. The van der Waals surface area contributed by atoms with E-state index in [-0.39, 0.29) is 41.8 Å². The van der Waals surface area contributed by atoms with Crippen molar-refractivity contribution in [3.63, 3.8) is 0 Å². The van der Waals surface area contributed by atoms with Gasteiger partial charge in [-0.3, -0.25) is 19.7 Å². The lowest BCUT2D eigenvalue weighted by molar-refractivity contribution is -0.136. The Kier molecular flexibility index (Phi) is 9.31. The van der Waals surface area contributed by atoms with E-state index in [0.717, 1.165) is 56.1 Å². The lowest BCUT2D eigenvalue weighted by Gasteiger charge is -2.33. The van der Waals surface area contributed by atoms with Crippen molar-refractivity contribution in [2.75, 3.05) is 6.61 Å². The van der Waals surface area contributed by atoms with Gasteiger partial charge in [0.15, 0.2) is 0 Å². The first kappa shape index (κ1) is 29.1. The van der Waals surface area contributed by atoms with Crippen LogP contribution in [0, 0.1) is 5.92 Å². The predicted molar refractivity (Wildman–Crippen MR) is 148 cm³/mol. The van der Waals surface area contributed by atoms with E-state index in [9.17, 15) is 19.2 Å². The Balaban J connectivity index is 1.39. The first-order valence-corrected chi connectivity index (χ1v) is 14.5. The highest BCUT2D eigenvalue weighted by molar-refractivity contribution is 6.05. The number of piperidine rings is 1. The van der Waals surface area contributed by atoms with Crippen molar-refractivity contribution in [1.82, 2.24) is 20.9 Å². The first-order valence-electron chi connectivity index (χ1n) is 14.5. The maximum Gasteiger partial charge on any atom is 0.407 e. The Bertz CT molecular complexity index is 1070. The molecule has 1 saturated carbocycles. The van der Waals surface area contributed by atoms with Gasteiger partial charge < -0.3 is 20.3 Å². The molecule has 0 unspecified atom stereocenters. The molecular formula is C30H44N4O5. The molecule has 4 amide bonds. The van der Waals surface area contributed by atoms with Gasteiger partial charge in [0.1, 0.15) is 6.04 Å².